The van der Waals surface area contributed by atoms with E-state index in [0.717, 1.165) is 12.8 Å². The number of carbonyl (C=O) groups is 1. The molecule has 7 nitrogen and oxygen atoms in total. The first-order chi connectivity index (χ1) is 13.2. The van der Waals surface area contributed by atoms with E-state index in [2.05, 4.69) is 19.9 Å². The second-order valence-corrected chi connectivity index (χ2v) is 6.52. The van der Waals surface area contributed by atoms with Crippen molar-refractivity contribution < 1.29 is 9.53 Å². The number of nitrogens with zero attached hydrogens (tertiary/aromatic N) is 5. The molecule has 1 unspecified atom stereocenters. The predicted octanol–water partition coefficient (Wildman–Crippen LogP) is 3.69. The first kappa shape index (κ1) is 17.4. The van der Waals surface area contributed by atoms with Crippen LogP contribution in [0.2, 0.25) is 5.02 Å². The lowest BCUT2D eigenvalue weighted by Crippen LogP contribution is -2.31. The number of benzene rings is 1. The van der Waals surface area contributed by atoms with E-state index >= 15 is 0 Å². The molecular weight excluding hydrogens is 366 g/mol. The van der Waals surface area contributed by atoms with Gasteiger partial charge in [-0.15, -0.1) is 0 Å². The minimum Gasteiger partial charge on any atom is -0.437 e. The largest absolute Gasteiger partial charge is 0.437 e. The van der Waals surface area contributed by atoms with Gasteiger partial charge >= 0.3 is 0 Å². The second-order valence-electron chi connectivity index (χ2n) is 6.09. The Morgan fingerprint density at radius 3 is 2.74 bits per heavy atom. The molecule has 0 radical (unpaired) electrons. The van der Waals surface area contributed by atoms with Gasteiger partial charge in [0.25, 0.3) is 5.91 Å². The number of likely N-dealkylation sites (tertiary alicyclic amines) is 1. The summed E-state index contributed by atoms with van der Waals surface area (Å²) in [5.41, 5.74) is 1.02. The average Bonchev–Trinajstić information content (AvgIpc) is 3.20. The molecule has 1 amide bonds. The van der Waals surface area contributed by atoms with E-state index in [1.807, 2.05) is 0 Å². The number of aromatic nitrogens is 4. The van der Waals surface area contributed by atoms with Crippen molar-refractivity contribution in [2.75, 3.05) is 6.54 Å². The normalized spacial score (nSPS) is 16.3. The molecule has 0 saturated carbocycles. The highest BCUT2D eigenvalue weighted by Gasteiger charge is 2.32. The number of carbonyl (C=O) groups excluding carboxylic acids is 1. The van der Waals surface area contributed by atoms with E-state index in [0.29, 0.717) is 34.6 Å². The van der Waals surface area contributed by atoms with Crippen molar-refractivity contribution >= 4 is 17.5 Å². The summed E-state index contributed by atoms with van der Waals surface area (Å²) in [6.07, 6.45) is 9.44. The van der Waals surface area contributed by atoms with Crippen LogP contribution in [-0.2, 0) is 0 Å². The van der Waals surface area contributed by atoms with Crippen LogP contribution in [0.3, 0.4) is 0 Å². The van der Waals surface area contributed by atoms with Gasteiger partial charge in [-0.05, 0) is 37.1 Å². The molecule has 27 heavy (non-hydrogen) atoms. The van der Waals surface area contributed by atoms with E-state index in [-0.39, 0.29) is 11.9 Å². The molecule has 8 heteroatoms. The number of rotatable bonds is 4. The first-order valence-electron chi connectivity index (χ1n) is 8.53. The van der Waals surface area contributed by atoms with Gasteiger partial charge in [-0.1, -0.05) is 11.6 Å². The Morgan fingerprint density at radius 2 is 1.96 bits per heavy atom. The minimum absolute atomic E-state index is 0.156. The highest BCUT2D eigenvalue weighted by Crippen LogP contribution is 2.32. The molecule has 0 N–H and O–H groups in total. The van der Waals surface area contributed by atoms with Gasteiger partial charge in [-0.2, -0.15) is 0 Å². The molecule has 1 fully saturated rings. The summed E-state index contributed by atoms with van der Waals surface area (Å²) in [5.74, 6) is 0.829. The highest BCUT2D eigenvalue weighted by atomic mass is 35.5. The molecule has 0 aliphatic carbocycles. The average molecular weight is 382 g/mol. The van der Waals surface area contributed by atoms with Gasteiger partial charge in [0, 0.05) is 24.0 Å². The lowest BCUT2D eigenvalue weighted by Gasteiger charge is -2.23. The van der Waals surface area contributed by atoms with Crippen molar-refractivity contribution in [3.63, 3.8) is 0 Å². The molecule has 3 aromatic rings. The van der Waals surface area contributed by atoms with Gasteiger partial charge in [0.2, 0.25) is 5.88 Å². The molecule has 0 bridgehead atoms. The summed E-state index contributed by atoms with van der Waals surface area (Å²) >= 11 is 5.89. The van der Waals surface area contributed by atoms with Gasteiger partial charge in [-0.3, -0.25) is 14.8 Å². The van der Waals surface area contributed by atoms with Gasteiger partial charge in [0.15, 0.2) is 0 Å². The van der Waals surface area contributed by atoms with E-state index in [9.17, 15) is 4.79 Å². The molecule has 1 aromatic carbocycles. The molecule has 3 heterocycles. The van der Waals surface area contributed by atoms with Crippen LogP contribution in [0.25, 0.3) is 0 Å². The van der Waals surface area contributed by atoms with Gasteiger partial charge in [0.05, 0.1) is 30.3 Å². The molecule has 136 valence electrons. The van der Waals surface area contributed by atoms with E-state index in [4.69, 9.17) is 16.3 Å². The maximum Gasteiger partial charge on any atom is 0.274 e. The second kappa shape index (κ2) is 7.67. The summed E-state index contributed by atoms with van der Waals surface area (Å²) in [7, 11) is 0. The molecule has 1 aliphatic rings. The highest BCUT2D eigenvalue weighted by molar-refractivity contribution is 6.30. The predicted molar refractivity (Wildman–Crippen MR) is 98.6 cm³/mol. The summed E-state index contributed by atoms with van der Waals surface area (Å²) in [6.45, 7) is 0.643. The lowest BCUT2D eigenvalue weighted by molar-refractivity contribution is 0.0725. The molecule has 1 atom stereocenters. The summed E-state index contributed by atoms with van der Waals surface area (Å²) < 4.78 is 5.76. The zero-order chi connectivity index (χ0) is 18.6. The Balaban J connectivity index is 1.55. The third kappa shape index (κ3) is 3.88. The fraction of sp³-hybridized carbons (Fsp3) is 0.211. The number of amides is 1. The Hall–Kier alpha value is -3.06. The van der Waals surface area contributed by atoms with Crippen molar-refractivity contribution in [2.45, 2.75) is 18.9 Å². The van der Waals surface area contributed by atoms with E-state index < -0.39 is 0 Å². The molecular formula is C19H16ClN5O2. The minimum atomic E-state index is -0.166. The molecule has 1 saturated heterocycles. The van der Waals surface area contributed by atoms with Crippen LogP contribution in [0.15, 0.2) is 55.2 Å². The van der Waals surface area contributed by atoms with E-state index in [1.54, 1.807) is 47.8 Å². The standard InChI is InChI=1S/C19H16ClN5O2/c20-13-3-5-14(6-4-13)27-18-12-22-10-15(24-18)17-2-1-9-25(17)19(26)16-11-21-7-8-23-16/h3-8,10-12,17H,1-2,9H2. The monoisotopic (exact) mass is 381 g/mol. The quantitative estimate of drug-likeness (QED) is 0.685. The zero-order valence-electron chi connectivity index (χ0n) is 14.3. The Labute approximate surface area is 161 Å². The first-order valence-corrected chi connectivity index (χ1v) is 8.91. The van der Waals surface area contributed by atoms with Crippen molar-refractivity contribution in [1.82, 2.24) is 24.8 Å². The summed E-state index contributed by atoms with van der Waals surface area (Å²) in [6, 6.07) is 6.84. The number of hydrogen-bond donors (Lipinski definition) is 0. The van der Waals surface area contributed by atoms with Crippen LogP contribution in [0.5, 0.6) is 11.6 Å². The number of hydrogen-bond acceptors (Lipinski definition) is 6. The molecule has 1 aliphatic heterocycles. The van der Waals surface area contributed by atoms with Crippen molar-refractivity contribution in [2.24, 2.45) is 0 Å². The van der Waals surface area contributed by atoms with Crippen LogP contribution in [0.4, 0.5) is 0 Å². The Kier molecular flexibility index (Phi) is 4.93. The molecule has 0 spiro atoms. The van der Waals surface area contributed by atoms with Gasteiger partial charge < -0.3 is 9.64 Å². The van der Waals surface area contributed by atoms with Crippen molar-refractivity contribution in [3.8, 4) is 11.6 Å². The van der Waals surface area contributed by atoms with Crippen molar-refractivity contribution in [1.29, 1.82) is 0 Å². The van der Waals surface area contributed by atoms with Crippen LogP contribution in [-0.4, -0.2) is 37.3 Å². The summed E-state index contributed by atoms with van der Waals surface area (Å²) in [5, 5.41) is 0.631. The van der Waals surface area contributed by atoms with Crippen LogP contribution in [0.1, 0.15) is 35.1 Å². The molecule has 2 aromatic heterocycles. The van der Waals surface area contributed by atoms with Gasteiger partial charge in [-0.25, -0.2) is 9.97 Å². The number of halogens is 1. The fourth-order valence-corrected chi connectivity index (χ4v) is 3.20. The van der Waals surface area contributed by atoms with Crippen LogP contribution >= 0.6 is 11.6 Å². The lowest BCUT2D eigenvalue weighted by atomic mass is 10.1. The van der Waals surface area contributed by atoms with Crippen LogP contribution < -0.4 is 4.74 Å². The maximum atomic E-state index is 12.8. The zero-order valence-corrected chi connectivity index (χ0v) is 15.1. The molecule has 4 rings (SSSR count). The van der Waals surface area contributed by atoms with Gasteiger partial charge in [0.1, 0.15) is 11.4 Å². The third-order valence-electron chi connectivity index (χ3n) is 4.30. The summed E-state index contributed by atoms with van der Waals surface area (Å²) in [4.78, 5) is 31.4. The number of ether oxygens (including phenoxy) is 1. The van der Waals surface area contributed by atoms with Crippen molar-refractivity contribution in [3.05, 3.63) is 71.7 Å². The smallest absolute Gasteiger partial charge is 0.274 e. The third-order valence-corrected chi connectivity index (χ3v) is 4.56. The SMILES string of the molecule is O=C(c1cnccn1)N1CCCC1c1cncc(Oc2ccc(Cl)cc2)n1. The Bertz CT molecular complexity index is 936. The Morgan fingerprint density at radius 1 is 1.11 bits per heavy atom. The topological polar surface area (TPSA) is 81.1 Å². The van der Waals surface area contributed by atoms with Crippen LogP contribution in [0, 0.1) is 0 Å². The van der Waals surface area contributed by atoms with E-state index in [1.165, 1.54) is 12.4 Å². The fourth-order valence-electron chi connectivity index (χ4n) is 3.07. The maximum absolute atomic E-state index is 12.8.